The van der Waals surface area contributed by atoms with Crippen molar-refractivity contribution >= 4 is 22.7 Å². The monoisotopic (exact) mass is 300 g/mol. The summed E-state index contributed by atoms with van der Waals surface area (Å²) in [4.78, 5) is 16.7. The summed E-state index contributed by atoms with van der Waals surface area (Å²) >= 11 is 0. The van der Waals surface area contributed by atoms with Crippen molar-refractivity contribution in [2.45, 2.75) is 58.3 Å². The molecular formula is C18H24N2O2. The molecule has 118 valence electrons. The van der Waals surface area contributed by atoms with Gasteiger partial charge in [0.05, 0.1) is 0 Å². The highest BCUT2D eigenvalue weighted by atomic mass is 16.3. The lowest BCUT2D eigenvalue weighted by molar-refractivity contribution is -0.117. The third-order valence-electron chi connectivity index (χ3n) is 4.38. The standard InChI is InChI=1S/C18H24N2O2/c1-12(2)18-20-15-11-14(8-9-16(15)22-18)19-17(21)10-13-6-4-3-5-7-13/h8-9,11-13H,3-7,10H2,1-2H3,(H,19,21). The van der Waals surface area contributed by atoms with E-state index in [1.807, 2.05) is 18.2 Å². The van der Waals surface area contributed by atoms with Gasteiger partial charge in [0.2, 0.25) is 5.91 Å². The summed E-state index contributed by atoms with van der Waals surface area (Å²) in [5, 5.41) is 3.00. The minimum atomic E-state index is 0.110. The molecule has 1 aliphatic rings. The van der Waals surface area contributed by atoms with Crippen molar-refractivity contribution in [2.24, 2.45) is 5.92 Å². The number of nitrogens with zero attached hydrogens (tertiary/aromatic N) is 1. The van der Waals surface area contributed by atoms with Crippen LogP contribution in [0.25, 0.3) is 11.1 Å². The molecule has 4 heteroatoms. The van der Waals surface area contributed by atoms with Crippen LogP contribution in [0.1, 0.15) is 64.2 Å². The summed E-state index contributed by atoms with van der Waals surface area (Å²) in [6, 6.07) is 5.66. The number of amides is 1. The third kappa shape index (κ3) is 3.49. The molecule has 0 unspecified atom stereocenters. The maximum Gasteiger partial charge on any atom is 0.224 e. The highest BCUT2D eigenvalue weighted by molar-refractivity contribution is 5.92. The predicted octanol–water partition coefficient (Wildman–Crippen LogP) is 4.86. The van der Waals surface area contributed by atoms with Crippen LogP contribution in [-0.2, 0) is 4.79 Å². The Bertz CT molecular complexity index is 654. The number of carbonyl (C=O) groups excluding carboxylic acids is 1. The smallest absolute Gasteiger partial charge is 0.224 e. The maximum absolute atomic E-state index is 12.2. The summed E-state index contributed by atoms with van der Waals surface area (Å²) in [5.41, 5.74) is 2.38. The van der Waals surface area contributed by atoms with Crippen molar-refractivity contribution in [3.63, 3.8) is 0 Å². The number of fused-ring (bicyclic) bond motifs is 1. The van der Waals surface area contributed by atoms with Crippen LogP contribution >= 0.6 is 0 Å². The molecule has 1 fully saturated rings. The zero-order valence-electron chi connectivity index (χ0n) is 13.4. The van der Waals surface area contributed by atoms with Crippen molar-refractivity contribution in [1.82, 2.24) is 4.98 Å². The Labute approximate surface area is 131 Å². The SMILES string of the molecule is CC(C)c1nc2cc(NC(=O)CC3CCCCC3)ccc2o1. The van der Waals surface area contributed by atoms with E-state index in [1.165, 1.54) is 32.1 Å². The van der Waals surface area contributed by atoms with E-state index < -0.39 is 0 Å². The van der Waals surface area contributed by atoms with E-state index in [1.54, 1.807) is 0 Å². The van der Waals surface area contributed by atoms with Gasteiger partial charge in [-0.3, -0.25) is 4.79 Å². The Balaban J connectivity index is 1.66. The minimum Gasteiger partial charge on any atom is -0.440 e. The average Bonchev–Trinajstić information content (AvgIpc) is 2.91. The molecule has 1 aliphatic carbocycles. The number of benzene rings is 1. The van der Waals surface area contributed by atoms with E-state index in [9.17, 15) is 4.79 Å². The Morgan fingerprint density at radius 3 is 2.82 bits per heavy atom. The largest absolute Gasteiger partial charge is 0.440 e. The second-order valence-electron chi connectivity index (χ2n) is 6.65. The molecule has 3 rings (SSSR count). The molecule has 0 spiro atoms. The molecule has 22 heavy (non-hydrogen) atoms. The quantitative estimate of drug-likeness (QED) is 0.877. The van der Waals surface area contributed by atoms with Gasteiger partial charge in [-0.05, 0) is 37.0 Å². The summed E-state index contributed by atoms with van der Waals surface area (Å²) in [5.74, 6) is 1.66. The van der Waals surface area contributed by atoms with Crippen LogP contribution < -0.4 is 5.32 Å². The fraction of sp³-hybridized carbons (Fsp3) is 0.556. The Kier molecular flexibility index (Phi) is 4.46. The number of nitrogens with one attached hydrogen (secondary N) is 1. The summed E-state index contributed by atoms with van der Waals surface area (Å²) in [6.45, 7) is 4.11. The van der Waals surface area contributed by atoms with Crippen molar-refractivity contribution in [1.29, 1.82) is 0 Å². The number of rotatable bonds is 4. The van der Waals surface area contributed by atoms with E-state index in [0.29, 0.717) is 12.3 Å². The fourth-order valence-corrected chi connectivity index (χ4v) is 3.14. The van der Waals surface area contributed by atoms with Crippen molar-refractivity contribution in [3.05, 3.63) is 24.1 Å². The van der Waals surface area contributed by atoms with Gasteiger partial charge in [-0.1, -0.05) is 33.1 Å². The molecule has 0 atom stereocenters. The number of anilines is 1. The molecule has 1 aromatic heterocycles. The number of hydrogen-bond donors (Lipinski definition) is 1. The summed E-state index contributed by atoms with van der Waals surface area (Å²) < 4.78 is 5.69. The zero-order valence-corrected chi connectivity index (χ0v) is 13.4. The van der Waals surface area contributed by atoms with E-state index in [2.05, 4.69) is 24.1 Å². The molecule has 0 radical (unpaired) electrons. The first-order chi connectivity index (χ1) is 10.6. The average molecular weight is 300 g/mol. The lowest BCUT2D eigenvalue weighted by Gasteiger charge is -2.20. The predicted molar refractivity (Wildman–Crippen MR) is 87.9 cm³/mol. The van der Waals surface area contributed by atoms with Crippen LogP contribution in [0.15, 0.2) is 22.6 Å². The highest BCUT2D eigenvalue weighted by Gasteiger charge is 2.17. The zero-order chi connectivity index (χ0) is 15.5. The Morgan fingerprint density at radius 1 is 1.32 bits per heavy atom. The highest BCUT2D eigenvalue weighted by Crippen LogP contribution is 2.27. The van der Waals surface area contributed by atoms with Gasteiger partial charge in [0.15, 0.2) is 11.5 Å². The number of aromatic nitrogens is 1. The molecule has 1 aromatic carbocycles. The van der Waals surface area contributed by atoms with E-state index in [4.69, 9.17) is 4.42 Å². The van der Waals surface area contributed by atoms with E-state index in [-0.39, 0.29) is 11.8 Å². The van der Waals surface area contributed by atoms with Crippen LogP contribution in [0.5, 0.6) is 0 Å². The lowest BCUT2D eigenvalue weighted by Crippen LogP contribution is -2.18. The van der Waals surface area contributed by atoms with Gasteiger partial charge >= 0.3 is 0 Å². The first kappa shape index (κ1) is 15.1. The van der Waals surface area contributed by atoms with Gasteiger partial charge in [0.1, 0.15) is 5.52 Å². The van der Waals surface area contributed by atoms with E-state index in [0.717, 1.165) is 22.7 Å². The maximum atomic E-state index is 12.2. The second-order valence-corrected chi connectivity index (χ2v) is 6.65. The van der Waals surface area contributed by atoms with E-state index >= 15 is 0 Å². The number of hydrogen-bond acceptors (Lipinski definition) is 3. The topological polar surface area (TPSA) is 55.1 Å². The van der Waals surface area contributed by atoms with Gasteiger partial charge in [-0.15, -0.1) is 0 Å². The van der Waals surface area contributed by atoms with Gasteiger partial charge in [0, 0.05) is 18.0 Å². The van der Waals surface area contributed by atoms with Gasteiger partial charge in [-0.25, -0.2) is 4.98 Å². The van der Waals surface area contributed by atoms with Crippen molar-refractivity contribution < 1.29 is 9.21 Å². The molecule has 0 aliphatic heterocycles. The van der Waals surface area contributed by atoms with Crippen LogP contribution in [0.4, 0.5) is 5.69 Å². The molecule has 1 N–H and O–H groups in total. The minimum absolute atomic E-state index is 0.110. The van der Waals surface area contributed by atoms with Crippen LogP contribution in [0.2, 0.25) is 0 Å². The molecule has 0 saturated heterocycles. The van der Waals surface area contributed by atoms with Gasteiger partial charge in [-0.2, -0.15) is 0 Å². The Morgan fingerprint density at radius 2 is 2.09 bits per heavy atom. The summed E-state index contributed by atoms with van der Waals surface area (Å²) in [7, 11) is 0. The first-order valence-electron chi connectivity index (χ1n) is 8.32. The van der Waals surface area contributed by atoms with Crippen molar-refractivity contribution in [2.75, 3.05) is 5.32 Å². The van der Waals surface area contributed by atoms with Crippen LogP contribution in [0, 0.1) is 5.92 Å². The van der Waals surface area contributed by atoms with Crippen LogP contribution in [0.3, 0.4) is 0 Å². The second kappa shape index (κ2) is 6.51. The van der Waals surface area contributed by atoms with Crippen molar-refractivity contribution in [3.8, 4) is 0 Å². The molecule has 1 amide bonds. The molecular weight excluding hydrogens is 276 g/mol. The molecule has 1 heterocycles. The normalized spacial score (nSPS) is 16.3. The number of carbonyl (C=O) groups is 1. The van der Waals surface area contributed by atoms with Gasteiger partial charge in [0.25, 0.3) is 0 Å². The fourth-order valence-electron chi connectivity index (χ4n) is 3.14. The van der Waals surface area contributed by atoms with Gasteiger partial charge < -0.3 is 9.73 Å². The Hall–Kier alpha value is -1.84. The molecule has 1 saturated carbocycles. The molecule has 0 bridgehead atoms. The lowest BCUT2D eigenvalue weighted by atomic mass is 9.87. The van der Waals surface area contributed by atoms with Crippen LogP contribution in [-0.4, -0.2) is 10.9 Å². The number of oxazole rings is 1. The third-order valence-corrected chi connectivity index (χ3v) is 4.38. The summed E-state index contributed by atoms with van der Waals surface area (Å²) in [6.07, 6.45) is 6.86. The molecule has 2 aromatic rings. The molecule has 4 nitrogen and oxygen atoms in total. The first-order valence-corrected chi connectivity index (χ1v) is 8.32.